The Hall–Kier alpha value is -0.640. The van der Waals surface area contributed by atoms with E-state index in [9.17, 15) is 0 Å². The number of alkyl halides is 1. The Labute approximate surface area is 123 Å². The molecule has 3 rings (SSSR count). The number of aryl methyl sites for hydroxylation is 2. The first-order valence-corrected chi connectivity index (χ1v) is 8.45. The average Bonchev–Trinajstić information content (AvgIpc) is 2.93. The highest BCUT2D eigenvalue weighted by Crippen LogP contribution is 2.41. The summed E-state index contributed by atoms with van der Waals surface area (Å²) >= 11 is 7.57. The van der Waals surface area contributed by atoms with Crippen LogP contribution in [0.1, 0.15) is 25.7 Å². The summed E-state index contributed by atoms with van der Waals surface area (Å²) in [5, 5.41) is 3.64. The van der Waals surface area contributed by atoms with Gasteiger partial charge in [-0.15, -0.1) is 22.7 Å². The van der Waals surface area contributed by atoms with Crippen molar-refractivity contribution in [3.8, 4) is 0 Å². The number of hydrogen-bond donors (Lipinski definition) is 0. The summed E-state index contributed by atoms with van der Waals surface area (Å²) in [5.74, 6) is 0. The van der Waals surface area contributed by atoms with E-state index in [4.69, 9.17) is 0 Å². The standard InChI is InChI=1S/C15H13BrS2/c1-9-7-14(18-10(9)2)15(16)12-8-17-13-6-4-3-5-11(12)13/h3-8,15H,1-2H3. The van der Waals surface area contributed by atoms with Gasteiger partial charge >= 0.3 is 0 Å². The maximum Gasteiger partial charge on any atom is 0.0752 e. The fourth-order valence-electron chi connectivity index (χ4n) is 2.07. The van der Waals surface area contributed by atoms with E-state index < -0.39 is 0 Å². The van der Waals surface area contributed by atoms with Gasteiger partial charge in [0.05, 0.1) is 4.83 Å². The molecule has 18 heavy (non-hydrogen) atoms. The minimum Gasteiger partial charge on any atom is -0.144 e. The molecule has 1 unspecified atom stereocenters. The third-order valence-corrected chi connectivity index (χ3v) is 6.71. The fourth-order valence-corrected chi connectivity index (χ4v) is 5.07. The van der Waals surface area contributed by atoms with E-state index in [1.807, 2.05) is 22.7 Å². The van der Waals surface area contributed by atoms with E-state index in [0.29, 0.717) is 4.83 Å². The molecule has 0 nitrogen and oxygen atoms in total. The van der Waals surface area contributed by atoms with Crippen LogP contribution in [0, 0.1) is 13.8 Å². The quantitative estimate of drug-likeness (QED) is 0.498. The molecule has 1 atom stereocenters. The molecule has 0 spiro atoms. The Bertz CT molecular complexity index is 674. The van der Waals surface area contributed by atoms with Crippen molar-refractivity contribution in [2.24, 2.45) is 0 Å². The molecule has 3 heteroatoms. The Morgan fingerprint density at radius 2 is 1.94 bits per heavy atom. The number of rotatable bonds is 2. The zero-order chi connectivity index (χ0) is 12.7. The molecule has 0 fully saturated rings. The molecule has 0 N–H and O–H groups in total. The van der Waals surface area contributed by atoms with Crippen LogP contribution in [0.5, 0.6) is 0 Å². The molecule has 1 aromatic carbocycles. The van der Waals surface area contributed by atoms with Crippen LogP contribution in [0.2, 0.25) is 0 Å². The van der Waals surface area contributed by atoms with Crippen molar-refractivity contribution < 1.29 is 0 Å². The summed E-state index contributed by atoms with van der Waals surface area (Å²) in [6, 6.07) is 10.9. The van der Waals surface area contributed by atoms with Gasteiger partial charge in [-0.3, -0.25) is 0 Å². The van der Waals surface area contributed by atoms with Gasteiger partial charge in [-0.05, 0) is 47.9 Å². The highest BCUT2D eigenvalue weighted by molar-refractivity contribution is 9.09. The molecule has 2 aromatic heterocycles. The largest absolute Gasteiger partial charge is 0.144 e. The van der Waals surface area contributed by atoms with E-state index in [2.05, 4.69) is 65.5 Å². The van der Waals surface area contributed by atoms with Crippen molar-refractivity contribution >= 4 is 48.7 Å². The maximum atomic E-state index is 3.86. The van der Waals surface area contributed by atoms with Gasteiger partial charge < -0.3 is 0 Å². The van der Waals surface area contributed by atoms with Crippen molar-refractivity contribution in [1.82, 2.24) is 0 Å². The van der Waals surface area contributed by atoms with Crippen molar-refractivity contribution in [2.75, 3.05) is 0 Å². The van der Waals surface area contributed by atoms with Gasteiger partial charge in [0, 0.05) is 14.5 Å². The first-order chi connectivity index (χ1) is 8.66. The molecular formula is C15H13BrS2. The molecule has 0 aliphatic rings. The predicted octanol–water partition coefficient (Wildman–Crippen LogP) is 6.06. The molecule has 3 aromatic rings. The average molecular weight is 337 g/mol. The summed E-state index contributed by atoms with van der Waals surface area (Å²) < 4.78 is 1.36. The van der Waals surface area contributed by atoms with Gasteiger partial charge in [0.1, 0.15) is 0 Å². The molecule has 0 saturated heterocycles. The van der Waals surface area contributed by atoms with E-state index in [0.717, 1.165) is 0 Å². The lowest BCUT2D eigenvalue weighted by Gasteiger charge is -2.06. The predicted molar refractivity (Wildman–Crippen MR) is 86.4 cm³/mol. The summed E-state index contributed by atoms with van der Waals surface area (Å²) in [7, 11) is 0. The minimum atomic E-state index is 0.311. The van der Waals surface area contributed by atoms with E-state index >= 15 is 0 Å². The van der Waals surface area contributed by atoms with Gasteiger partial charge in [-0.25, -0.2) is 0 Å². The second-order valence-electron chi connectivity index (χ2n) is 4.44. The van der Waals surface area contributed by atoms with Crippen LogP contribution < -0.4 is 0 Å². The monoisotopic (exact) mass is 336 g/mol. The van der Waals surface area contributed by atoms with Crippen LogP contribution in [0.15, 0.2) is 35.7 Å². The highest BCUT2D eigenvalue weighted by Gasteiger charge is 2.17. The number of benzene rings is 1. The molecule has 0 bridgehead atoms. The van der Waals surface area contributed by atoms with Gasteiger partial charge in [0.25, 0.3) is 0 Å². The number of halogens is 1. The van der Waals surface area contributed by atoms with Crippen molar-refractivity contribution in [2.45, 2.75) is 18.7 Å². The topological polar surface area (TPSA) is 0 Å². The Morgan fingerprint density at radius 1 is 1.17 bits per heavy atom. The third kappa shape index (κ3) is 2.04. The smallest absolute Gasteiger partial charge is 0.0752 e. The molecule has 0 aliphatic carbocycles. The van der Waals surface area contributed by atoms with Crippen molar-refractivity contribution in [1.29, 1.82) is 0 Å². The summed E-state index contributed by atoms with van der Waals surface area (Å²) in [6.07, 6.45) is 0. The minimum absolute atomic E-state index is 0.311. The van der Waals surface area contributed by atoms with Crippen molar-refractivity contribution in [3.63, 3.8) is 0 Å². The van der Waals surface area contributed by atoms with Crippen LogP contribution in [0.4, 0.5) is 0 Å². The normalized spacial score (nSPS) is 13.1. The van der Waals surface area contributed by atoms with E-state index in [-0.39, 0.29) is 0 Å². The summed E-state index contributed by atoms with van der Waals surface area (Å²) in [4.78, 5) is 3.12. The molecule has 0 saturated carbocycles. The second-order valence-corrected chi connectivity index (χ2v) is 7.55. The first kappa shape index (κ1) is 12.4. The van der Waals surface area contributed by atoms with Crippen LogP contribution in [0.3, 0.4) is 0 Å². The zero-order valence-electron chi connectivity index (χ0n) is 10.2. The van der Waals surface area contributed by atoms with Crippen molar-refractivity contribution in [3.05, 3.63) is 56.6 Å². The lowest BCUT2D eigenvalue weighted by atomic mass is 10.1. The summed E-state index contributed by atoms with van der Waals surface area (Å²) in [5.41, 5.74) is 2.77. The SMILES string of the molecule is Cc1cc(C(Br)c2csc3ccccc23)sc1C. The molecule has 92 valence electrons. The Kier molecular flexibility index (Phi) is 3.31. The van der Waals surface area contributed by atoms with Crippen LogP contribution >= 0.6 is 38.6 Å². The van der Waals surface area contributed by atoms with Gasteiger partial charge in [-0.2, -0.15) is 0 Å². The molecular weight excluding hydrogens is 324 g/mol. The van der Waals surface area contributed by atoms with Crippen LogP contribution in [-0.4, -0.2) is 0 Å². The fraction of sp³-hybridized carbons (Fsp3) is 0.200. The summed E-state index contributed by atoms with van der Waals surface area (Å²) in [6.45, 7) is 4.37. The Morgan fingerprint density at radius 3 is 2.67 bits per heavy atom. The zero-order valence-corrected chi connectivity index (χ0v) is 13.5. The van der Waals surface area contributed by atoms with Crippen LogP contribution in [0.25, 0.3) is 10.1 Å². The molecule has 0 aliphatic heterocycles. The molecule has 2 heterocycles. The van der Waals surface area contributed by atoms with Gasteiger partial charge in [0.15, 0.2) is 0 Å². The van der Waals surface area contributed by atoms with Crippen LogP contribution in [-0.2, 0) is 0 Å². The van der Waals surface area contributed by atoms with Gasteiger partial charge in [-0.1, -0.05) is 34.1 Å². The number of fused-ring (bicyclic) bond motifs is 1. The lowest BCUT2D eigenvalue weighted by molar-refractivity contribution is 1.26. The number of hydrogen-bond acceptors (Lipinski definition) is 2. The third-order valence-electron chi connectivity index (χ3n) is 3.22. The first-order valence-electron chi connectivity index (χ1n) is 5.84. The van der Waals surface area contributed by atoms with E-state index in [1.165, 1.54) is 31.0 Å². The maximum absolute atomic E-state index is 3.86. The molecule has 0 radical (unpaired) electrons. The van der Waals surface area contributed by atoms with Gasteiger partial charge in [0.2, 0.25) is 0 Å². The highest BCUT2D eigenvalue weighted by atomic mass is 79.9. The molecule has 0 amide bonds. The Balaban J connectivity index is 2.09. The second kappa shape index (κ2) is 4.80. The van der Waals surface area contributed by atoms with E-state index in [1.54, 1.807) is 0 Å². The number of thiophene rings is 2. The lowest BCUT2D eigenvalue weighted by Crippen LogP contribution is -1.87.